The first-order valence-corrected chi connectivity index (χ1v) is 9.53. The Morgan fingerprint density at radius 3 is 2.54 bits per heavy atom. The molecule has 2 heterocycles. The summed E-state index contributed by atoms with van der Waals surface area (Å²) < 4.78 is 38.9. The number of H-pyrrole nitrogens is 1. The number of aromatic amines is 1. The number of halogens is 3. The van der Waals surface area contributed by atoms with Gasteiger partial charge in [-0.15, -0.1) is 0 Å². The van der Waals surface area contributed by atoms with Crippen LogP contribution >= 0.6 is 0 Å². The van der Waals surface area contributed by atoms with E-state index in [1.54, 1.807) is 6.07 Å². The van der Waals surface area contributed by atoms with Crippen LogP contribution in [0, 0.1) is 0 Å². The van der Waals surface area contributed by atoms with Crippen LogP contribution in [0.4, 0.5) is 13.2 Å². The van der Waals surface area contributed by atoms with Crippen molar-refractivity contribution in [2.24, 2.45) is 0 Å². The summed E-state index contributed by atoms with van der Waals surface area (Å²) in [4.78, 5) is 5.55. The van der Waals surface area contributed by atoms with E-state index in [1.165, 1.54) is 17.0 Å². The fourth-order valence-electron chi connectivity index (χ4n) is 4.04. The van der Waals surface area contributed by atoms with Gasteiger partial charge in [0.1, 0.15) is 0 Å². The van der Waals surface area contributed by atoms with E-state index in [4.69, 9.17) is 0 Å². The average molecular weight is 388 g/mol. The number of para-hydroxylation sites is 1. The molecule has 2 N–H and O–H groups in total. The number of hydrogen-bond acceptors (Lipinski definition) is 2. The van der Waals surface area contributed by atoms with E-state index in [0.29, 0.717) is 31.5 Å². The molecule has 3 aromatic rings. The van der Waals surface area contributed by atoms with Crippen LogP contribution in [0.25, 0.3) is 10.9 Å². The van der Waals surface area contributed by atoms with E-state index < -0.39 is 17.3 Å². The number of likely N-dealkylation sites (tertiary alicyclic amines) is 1. The molecule has 148 valence electrons. The minimum absolute atomic E-state index is 0.360. The van der Waals surface area contributed by atoms with Crippen molar-refractivity contribution in [3.63, 3.8) is 0 Å². The number of fused-ring (bicyclic) bond motifs is 1. The molecule has 3 nitrogen and oxygen atoms in total. The maximum absolute atomic E-state index is 13.0. The molecule has 2 aromatic carbocycles. The predicted molar refractivity (Wildman–Crippen MR) is 103 cm³/mol. The van der Waals surface area contributed by atoms with E-state index >= 15 is 0 Å². The topological polar surface area (TPSA) is 39.3 Å². The average Bonchev–Trinajstić information content (AvgIpc) is 3.10. The van der Waals surface area contributed by atoms with Crippen molar-refractivity contribution in [3.05, 3.63) is 71.4 Å². The van der Waals surface area contributed by atoms with Crippen LogP contribution in [-0.2, 0) is 18.2 Å². The molecule has 0 radical (unpaired) electrons. The van der Waals surface area contributed by atoms with Crippen LogP contribution in [0.3, 0.4) is 0 Å². The molecule has 0 amide bonds. The Kier molecular flexibility index (Phi) is 4.93. The van der Waals surface area contributed by atoms with Crippen molar-refractivity contribution in [1.82, 2.24) is 9.88 Å². The molecule has 0 atom stereocenters. The molecule has 28 heavy (non-hydrogen) atoms. The van der Waals surface area contributed by atoms with Gasteiger partial charge < -0.3 is 15.0 Å². The van der Waals surface area contributed by atoms with Gasteiger partial charge in [0.15, 0.2) is 0 Å². The number of piperidine rings is 1. The lowest BCUT2D eigenvalue weighted by Gasteiger charge is -2.38. The van der Waals surface area contributed by atoms with Crippen molar-refractivity contribution >= 4 is 10.9 Å². The summed E-state index contributed by atoms with van der Waals surface area (Å²) in [5.41, 5.74) is 0.835. The van der Waals surface area contributed by atoms with E-state index in [-0.39, 0.29) is 0 Å². The minimum atomic E-state index is -4.40. The SMILES string of the molecule is OC1(c2cccc(C(F)(F)F)c2)CCN(CCc2c[nH]c3ccccc23)CC1. The molecular formula is C22H23F3N2O. The molecule has 0 bridgehead atoms. The van der Waals surface area contributed by atoms with Crippen molar-refractivity contribution in [2.45, 2.75) is 31.0 Å². The molecule has 1 saturated heterocycles. The zero-order chi connectivity index (χ0) is 19.8. The number of rotatable bonds is 4. The molecule has 0 unspecified atom stereocenters. The maximum Gasteiger partial charge on any atom is 0.416 e. The van der Waals surface area contributed by atoms with Gasteiger partial charge in [0.25, 0.3) is 0 Å². The van der Waals surface area contributed by atoms with Crippen LogP contribution in [0.5, 0.6) is 0 Å². The summed E-state index contributed by atoms with van der Waals surface area (Å²) in [6.45, 7) is 2.19. The number of nitrogens with one attached hydrogen (secondary N) is 1. The molecule has 0 saturated carbocycles. The second-order valence-corrected chi connectivity index (χ2v) is 7.56. The van der Waals surface area contributed by atoms with Gasteiger partial charge in [0.2, 0.25) is 0 Å². The van der Waals surface area contributed by atoms with Gasteiger partial charge in [-0.05, 0) is 48.6 Å². The summed E-state index contributed by atoms with van der Waals surface area (Å²) in [6, 6.07) is 13.3. The second kappa shape index (κ2) is 7.26. The Hall–Kier alpha value is -2.31. The van der Waals surface area contributed by atoms with E-state index in [2.05, 4.69) is 22.0 Å². The standard InChI is InChI=1S/C22H23F3N2O/c23-22(24,25)18-5-3-4-17(14-18)21(28)9-12-27(13-10-21)11-8-16-15-26-20-7-2-1-6-19(16)20/h1-7,14-15,26,28H,8-13H2. The van der Waals surface area contributed by atoms with Crippen LogP contribution < -0.4 is 0 Å². The molecule has 0 aliphatic carbocycles. The fraction of sp³-hybridized carbons (Fsp3) is 0.364. The molecule has 4 rings (SSSR count). The van der Waals surface area contributed by atoms with Crippen LogP contribution in [0.15, 0.2) is 54.7 Å². The summed E-state index contributed by atoms with van der Waals surface area (Å²) in [5, 5.41) is 12.2. The Bertz CT molecular complexity index is 956. The lowest BCUT2D eigenvalue weighted by molar-refractivity contribution is -0.137. The van der Waals surface area contributed by atoms with Gasteiger partial charge in [-0.1, -0.05) is 30.3 Å². The zero-order valence-corrected chi connectivity index (χ0v) is 15.5. The highest BCUT2D eigenvalue weighted by molar-refractivity contribution is 5.83. The van der Waals surface area contributed by atoms with Gasteiger partial charge in [0, 0.05) is 36.7 Å². The lowest BCUT2D eigenvalue weighted by Crippen LogP contribution is -2.43. The number of nitrogens with zero attached hydrogens (tertiary/aromatic N) is 1. The summed E-state index contributed by atoms with van der Waals surface area (Å²) in [6.07, 6.45) is -0.601. The Morgan fingerprint density at radius 1 is 1.04 bits per heavy atom. The molecule has 1 aromatic heterocycles. The fourth-order valence-corrected chi connectivity index (χ4v) is 4.04. The predicted octanol–water partition coefficient (Wildman–Crippen LogP) is 4.71. The summed E-state index contributed by atoms with van der Waals surface area (Å²) >= 11 is 0. The quantitative estimate of drug-likeness (QED) is 0.679. The van der Waals surface area contributed by atoms with Crippen molar-refractivity contribution in [2.75, 3.05) is 19.6 Å². The first kappa shape index (κ1) is 19.0. The summed E-state index contributed by atoms with van der Waals surface area (Å²) in [5.74, 6) is 0. The number of aliphatic hydroxyl groups is 1. The first-order valence-electron chi connectivity index (χ1n) is 9.53. The molecular weight excluding hydrogens is 365 g/mol. The zero-order valence-electron chi connectivity index (χ0n) is 15.5. The summed E-state index contributed by atoms with van der Waals surface area (Å²) in [7, 11) is 0. The van der Waals surface area contributed by atoms with Crippen molar-refractivity contribution in [3.8, 4) is 0 Å². The van der Waals surface area contributed by atoms with Crippen LogP contribution in [0.2, 0.25) is 0 Å². The van der Waals surface area contributed by atoms with Gasteiger partial charge >= 0.3 is 6.18 Å². The largest absolute Gasteiger partial charge is 0.416 e. The Labute approximate surface area is 161 Å². The number of aromatic nitrogens is 1. The number of alkyl halides is 3. The normalized spacial score (nSPS) is 17.9. The Morgan fingerprint density at radius 2 is 1.79 bits per heavy atom. The second-order valence-electron chi connectivity index (χ2n) is 7.56. The molecule has 1 aliphatic rings. The highest BCUT2D eigenvalue weighted by Crippen LogP contribution is 2.36. The third kappa shape index (κ3) is 3.80. The van der Waals surface area contributed by atoms with Gasteiger partial charge in [-0.3, -0.25) is 0 Å². The highest BCUT2D eigenvalue weighted by Gasteiger charge is 2.36. The van der Waals surface area contributed by atoms with E-state index in [1.807, 2.05) is 18.3 Å². The van der Waals surface area contributed by atoms with Crippen molar-refractivity contribution < 1.29 is 18.3 Å². The smallest absolute Gasteiger partial charge is 0.385 e. The number of benzene rings is 2. The van der Waals surface area contributed by atoms with E-state index in [9.17, 15) is 18.3 Å². The molecule has 0 spiro atoms. The molecule has 1 aliphatic heterocycles. The maximum atomic E-state index is 13.0. The van der Waals surface area contributed by atoms with Gasteiger partial charge in [0.05, 0.1) is 11.2 Å². The highest BCUT2D eigenvalue weighted by atomic mass is 19.4. The van der Waals surface area contributed by atoms with Crippen LogP contribution in [-0.4, -0.2) is 34.6 Å². The van der Waals surface area contributed by atoms with Gasteiger partial charge in [-0.2, -0.15) is 13.2 Å². The monoisotopic (exact) mass is 388 g/mol. The molecule has 1 fully saturated rings. The van der Waals surface area contributed by atoms with Gasteiger partial charge in [-0.25, -0.2) is 0 Å². The third-order valence-electron chi connectivity index (χ3n) is 5.78. The number of hydrogen-bond donors (Lipinski definition) is 2. The minimum Gasteiger partial charge on any atom is -0.385 e. The Balaban J connectivity index is 1.39. The third-order valence-corrected chi connectivity index (χ3v) is 5.78. The first-order chi connectivity index (χ1) is 13.4. The van der Waals surface area contributed by atoms with Crippen LogP contribution in [0.1, 0.15) is 29.5 Å². The van der Waals surface area contributed by atoms with Crippen molar-refractivity contribution in [1.29, 1.82) is 0 Å². The lowest BCUT2D eigenvalue weighted by atomic mass is 9.83. The van der Waals surface area contributed by atoms with E-state index in [0.717, 1.165) is 30.6 Å². The molecule has 6 heteroatoms.